The van der Waals surface area contributed by atoms with E-state index >= 15 is 0 Å². The standard InChI is InChI=1S/C32H29N.C14H18.C2H6/c1-4-26-18-20-29(21-19-26)30-16-11-17-31(23-30)32(22-24(2)27-12-7-5-8-13-27)33-25(3)28-14-9-6-10-15-28;1-11-7-3-5-9-13(11)14-10-6-4-8-12(14)2;1-2/h5-23H,2,4H2,1,3H3;3,5-7,9-10,12,14H,4,8H2,1-2H3;1-2H3/b32-22-,33-25?;;. The Balaban J connectivity index is 0.000000281. The molecule has 0 saturated carbocycles. The van der Waals surface area contributed by atoms with Gasteiger partial charge in [0, 0.05) is 17.2 Å². The van der Waals surface area contributed by atoms with Crippen molar-refractivity contribution in [2.45, 2.75) is 66.7 Å². The van der Waals surface area contributed by atoms with E-state index in [0.29, 0.717) is 5.92 Å². The lowest BCUT2D eigenvalue weighted by molar-refractivity contribution is 0.468. The molecule has 1 nitrogen and oxygen atoms in total. The average Bonchev–Trinajstić information content (AvgIpc) is 3.17. The number of aliphatic imine (C=N–C) groups is 1. The van der Waals surface area contributed by atoms with Gasteiger partial charge < -0.3 is 0 Å². The van der Waals surface area contributed by atoms with Crippen molar-refractivity contribution in [2.24, 2.45) is 10.9 Å². The van der Waals surface area contributed by atoms with Gasteiger partial charge in [-0.1, -0.05) is 174 Å². The molecule has 0 radical (unpaired) electrons. The van der Waals surface area contributed by atoms with Crippen molar-refractivity contribution in [2.75, 3.05) is 0 Å². The van der Waals surface area contributed by atoms with Crippen LogP contribution in [0.1, 0.15) is 86.8 Å². The van der Waals surface area contributed by atoms with E-state index in [1.54, 1.807) is 0 Å². The summed E-state index contributed by atoms with van der Waals surface area (Å²) in [6.07, 6.45) is 10.4. The monoisotopic (exact) mass is 643 g/mol. The molecule has 0 heterocycles. The van der Waals surface area contributed by atoms with E-state index in [4.69, 9.17) is 4.99 Å². The molecule has 1 aliphatic carbocycles. The summed E-state index contributed by atoms with van der Waals surface area (Å²) in [4.78, 5) is 5.06. The first-order valence-corrected chi connectivity index (χ1v) is 17.9. The minimum atomic E-state index is 0.643. The van der Waals surface area contributed by atoms with Crippen molar-refractivity contribution >= 4 is 17.0 Å². The minimum Gasteiger partial charge on any atom is -0.252 e. The number of rotatable bonds is 8. The van der Waals surface area contributed by atoms with Crippen LogP contribution in [0, 0.1) is 12.8 Å². The highest BCUT2D eigenvalue weighted by Crippen LogP contribution is 2.34. The molecule has 5 aromatic rings. The predicted molar refractivity (Wildman–Crippen MR) is 216 cm³/mol. The molecule has 1 heteroatoms. The van der Waals surface area contributed by atoms with Crippen molar-refractivity contribution in [3.05, 3.63) is 192 Å². The molecule has 2 unspecified atom stereocenters. The Hall–Kier alpha value is -5.01. The molecule has 0 fully saturated rings. The molecule has 0 spiro atoms. The molecular formula is C48H53N. The zero-order chi connectivity index (χ0) is 35.0. The second kappa shape index (κ2) is 19.1. The fraction of sp³-hybridized carbons (Fsp3) is 0.229. The third-order valence-corrected chi connectivity index (χ3v) is 9.08. The largest absolute Gasteiger partial charge is 0.252 e. The Morgan fingerprint density at radius 3 is 1.98 bits per heavy atom. The summed E-state index contributed by atoms with van der Waals surface area (Å²) in [6.45, 7) is 17.1. The average molecular weight is 644 g/mol. The Labute approximate surface area is 296 Å². The second-order valence-electron chi connectivity index (χ2n) is 12.5. The van der Waals surface area contributed by atoms with Crippen LogP contribution in [-0.4, -0.2) is 5.71 Å². The Morgan fingerprint density at radius 1 is 0.735 bits per heavy atom. The molecule has 5 aromatic carbocycles. The molecule has 0 amide bonds. The summed E-state index contributed by atoms with van der Waals surface area (Å²) in [5.41, 5.74) is 12.8. The molecule has 0 saturated heterocycles. The SMILES string of the molecule is C=C(/C=C(\N=C(C)c1ccccc1)c1cccc(-c2ccc(CC)cc2)c1)c1ccccc1.CC.Cc1ccccc1C1C=CCCC1C. The predicted octanol–water partition coefficient (Wildman–Crippen LogP) is 13.6. The van der Waals surface area contributed by atoms with E-state index in [-0.39, 0.29) is 0 Å². The zero-order valence-electron chi connectivity index (χ0n) is 30.4. The molecule has 0 N–H and O–H groups in total. The highest BCUT2D eigenvalue weighted by atomic mass is 14.8. The molecule has 250 valence electrons. The summed E-state index contributed by atoms with van der Waals surface area (Å²) < 4.78 is 0. The van der Waals surface area contributed by atoms with E-state index in [9.17, 15) is 0 Å². The summed E-state index contributed by atoms with van der Waals surface area (Å²) >= 11 is 0. The molecule has 2 atom stereocenters. The van der Waals surface area contributed by atoms with E-state index < -0.39 is 0 Å². The third kappa shape index (κ3) is 10.5. The van der Waals surface area contributed by atoms with Crippen LogP contribution in [0.5, 0.6) is 0 Å². The van der Waals surface area contributed by atoms with Crippen molar-refractivity contribution in [1.82, 2.24) is 0 Å². The van der Waals surface area contributed by atoms with Gasteiger partial charge in [-0.15, -0.1) is 0 Å². The highest BCUT2D eigenvalue weighted by Gasteiger charge is 2.19. The third-order valence-electron chi connectivity index (χ3n) is 9.08. The fourth-order valence-electron chi connectivity index (χ4n) is 6.14. The number of aryl methyl sites for hydroxylation is 2. The Morgan fingerprint density at radius 2 is 1.35 bits per heavy atom. The van der Waals surface area contributed by atoms with E-state index in [2.05, 4.69) is 150 Å². The lowest BCUT2D eigenvalue weighted by atomic mass is 9.79. The van der Waals surface area contributed by atoms with Crippen molar-refractivity contribution in [1.29, 1.82) is 0 Å². The van der Waals surface area contributed by atoms with E-state index in [1.807, 2.05) is 50.2 Å². The lowest BCUT2D eigenvalue weighted by Gasteiger charge is -2.25. The molecule has 1 aliphatic rings. The van der Waals surface area contributed by atoms with Crippen LogP contribution in [0.3, 0.4) is 0 Å². The van der Waals surface area contributed by atoms with E-state index in [0.717, 1.165) is 46.0 Å². The first-order valence-electron chi connectivity index (χ1n) is 17.9. The van der Waals surface area contributed by atoms with Gasteiger partial charge in [0.25, 0.3) is 0 Å². The van der Waals surface area contributed by atoms with Crippen molar-refractivity contribution < 1.29 is 0 Å². The number of allylic oxidation sites excluding steroid dienone is 4. The van der Waals surface area contributed by atoms with Gasteiger partial charge in [0.15, 0.2) is 0 Å². The Kier molecular flexibility index (Phi) is 14.4. The van der Waals surface area contributed by atoms with Crippen LogP contribution in [0.25, 0.3) is 22.4 Å². The summed E-state index contributed by atoms with van der Waals surface area (Å²) in [5, 5.41) is 0. The summed E-state index contributed by atoms with van der Waals surface area (Å²) in [5.74, 6) is 1.44. The molecular weight excluding hydrogens is 591 g/mol. The van der Waals surface area contributed by atoms with Gasteiger partial charge in [0.05, 0.1) is 5.70 Å². The zero-order valence-corrected chi connectivity index (χ0v) is 30.4. The van der Waals surface area contributed by atoms with Gasteiger partial charge in [-0.3, -0.25) is 4.99 Å². The normalized spacial score (nSPS) is 15.7. The first kappa shape index (κ1) is 36.8. The van der Waals surface area contributed by atoms with Gasteiger partial charge in [-0.2, -0.15) is 0 Å². The van der Waals surface area contributed by atoms with Gasteiger partial charge in [-0.25, -0.2) is 0 Å². The van der Waals surface area contributed by atoms with Crippen LogP contribution in [0.4, 0.5) is 0 Å². The van der Waals surface area contributed by atoms with Crippen LogP contribution in [-0.2, 0) is 6.42 Å². The maximum atomic E-state index is 5.06. The van der Waals surface area contributed by atoms with Crippen molar-refractivity contribution in [3.8, 4) is 11.1 Å². The van der Waals surface area contributed by atoms with Gasteiger partial charge in [0.2, 0.25) is 0 Å². The molecule has 0 bridgehead atoms. The smallest absolute Gasteiger partial charge is 0.0711 e. The molecule has 0 aliphatic heterocycles. The number of nitrogens with zero attached hydrogens (tertiary/aromatic N) is 1. The van der Waals surface area contributed by atoms with Crippen LogP contribution in [0.15, 0.2) is 163 Å². The van der Waals surface area contributed by atoms with Crippen molar-refractivity contribution in [3.63, 3.8) is 0 Å². The fourth-order valence-corrected chi connectivity index (χ4v) is 6.14. The second-order valence-corrected chi connectivity index (χ2v) is 12.5. The Bertz CT molecular complexity index is 1840. The number of benzene rings is 5. The van der Waals surface area contributed by atoms with E-state index in [1.165, 1.54) is 40.7 Å². The highest BCUT2D eigenvalue weighted by molar-refractivity contribution is 6.02. The number of hydrogen-bond acceptors (Lipinski definition) is 1. The van der Waals surface area contributed by atoms with Gasteiger partial charge in [-0.05, 0) is 95.7 Å². The maximum Gasteiger partial charge on any atom is 0.0711 e. The van der Waals surface area contributed by atoms with Crippen LogP contribution >= 0.6 is 0 Å². The van der Waals surface area contributed by atoms with Crippen LogP contribution in [0.2, 0.25) is 0 Å². The van der Waals surface area contributed by atoms with Gasteiger partial charge in [0.1, 0.15) is 0 Å². The molecule has 6 rings (SSSR count). The van der Waals surface area contributed by atoms with Gasteiger partial charge >= 0.3 is 0 Å². The number of hydrogen-bond donors (Lipinski definition) is 0. The molecule has 0 aromatic heterocycles. The topological polar surface area (TPSA) is 12.4 Å². The molecule has 49 heavy (non-hydrogen) atoms. The quantitative estimate of drug-likeness (QED) is 0.0906. The minimum absolute atomic E-state index is 0.643. The summed E-state index contributed by atoms with van der Waals surface area (Å²) in [6, 6.07) is 46.7. The van der Waals surface area contributed by atoms with Crippen LogP contribution < -0.4 is 0 Å². The maximum absolute atomic E-state index is 5.06. The first-order chi connectivity index (χ1) is 23.9. The lowest BCUT2D eigenvalue weighted by Crippen LogP contribution is -2.11. The summed E-state index contributed by atoms with van der Waals surface area (Å²) in [7, 11) is 0.